The molecule has 62 heavy (non-hydrogen) atoms. The van der Waals surface area contributed by atoms with Gasteiger partial charge in [0.15, 0.2) is 0 Å². The summed E-state index contributed by atoms with van der Waals surface area (Å²) in [4.78, 5) is 20.7. The summed E-state index contributed by atoms with van der Waals surface area (Å²) in [5.41, 5.74) is 14.2. The number of benzene rings is 9. The Bertz CT molecular complexity index is 3420. The van der Waals surface area contributed by atoms with Crippen LogP contribution in [-0.2, 0) is 5.41 Å². The van der Waals surface area contributed by atoms with Crippen LogP contribution in [0.15, 0.2) is 218 Å². The Morgan fingerprint density at radius 1 is 0.339 bits per heavy atom. The standard InChI is InChI=1S/C57H36N4Se/c1-5-16-38(17-6-1)53-59-54(42-21-15-20-40(34-42)41-29-28-37-31-33-51-52(47(37)35-41)62-56(58-51)39-18-7-2-8-19-39)61-55(60-53)43-30-32-50-48(36-43)46-26-13-14-27-49(46)57(50,44-22-9-3-10-23-44)45-24-11-4-12-25-45/h1-36H. The van der Waals surface area contributed by atoms with Gasteiger partial charge in [-0.05, 0) is 33.4 Å². The third-order valence-electron chi connectivity index (χ3n) is 12.2. The van der Waals surface area contributed by atoms with Gasteiger partial charge in [0.05, 0.1) is 5.41 Å². The Morgan fingerprint density at radius 3 is 1.56 bits per heavy atom. The van der Waals surface area contributed by atoms with Gasteiger partial charge in [-0.1, -0.05) is 109 Å². The molecule has 9 aromatic carbocycles. The van der Waals surface area contributed by atoms with Gasteiger partial charge in [0.2, 0.25) is 0 Å². The van der Waals surface area contributed by atoms with Gasteiger partial charge in [0, 0.05) is 0 Å². The van der Waals surface area contributed by atoms with Gasteiger partial charge in [-0.25, -0.2) is 0 Å². The number of hydrogen-bond donors (Lipinski definition) is 0. The molecule has 0 atom stereocenters. The van der Waals surface area contributed by atoms with Crippen molar-refractivity contribution in [1.82, 2.24) is 19.9 Å². The van der Waals surface area contributed by atoms with E-state index in [-0.39, 0.29) is 14.5 Å². The zero-order valence-corrected chi connectivity index (χ0v) is 35.2. The molecule has 0 saturated carbocycles. The molecule has 4 nitrogen and oxygen atoms in total. The maximum atomic E-state index is 5.27. The van der Waals surface area contributed by atoms with Gasteiger partial charge < -0.3 is 0 Å². The summed E-state index contributed by atoms with van der Waals surface area (Å²) in [5.74, 6) is 1.90. The Hall–Kier alpha value is -7.56. The first-order valence-corrected chi connectivity index (χ1v) is 22.6. The summed E-state index contributed by atoms with van der Waals surface area (Å²) in [6.45, 7) is 0. The molecule has 1 aliphatic rings. The smallest absolute Gasteiger partial charge is 0.0615 e. The molecule has 0 saturated heterocycles. The van der Waals surface area contributed by atoms with Crippen LogP contribution >= 0.6 is 0 Å². The van der Waals surface area contributed by atoms with E-state index < -0.39 is 5.41 Å². The van der Waals surface area contributed by atoms with E-state index in [1.54, 1.807) is 0 Å². The van der Waals surface area contributed by atoms with Crippen LogP contribution in [0.3, 0.4) is 0 Å². The molecule has 0 bridgehead atoms. The molecule has 12 rings (SSSR count). The SMILES string of the molecule is c1ccc(-c2nc(-c3cccc(-c4ccc5ccc6nc(-c7ccccc7)[se]c6c5c4)c3)nc(-c3ccc4c(c3)-c3ccccc3C4(c3ccccc3)c3ccccc3)n2)cc1. The van der Waals surface area contributed by atoms with Gasteiger partial charge in [0.25, 0.3) is 0 Å². The minimum Gasteiger partial charge on any atom is -0.0615 e. The fraction of sp³-hybridized carbons (Fsp3) is 0.0175. The third-order valence-corrected chi connectivity index (χ3v) is 14.7. The molecule has 0 radical (unpaired) electrons. The van der Waals surface area contributed by atoms with Crippen molar-refractivity contribution >= 4 is 35.1 Å². The number of nitrogens with zero attached hydrogens (tertiary/aromatic N) is 4. The van der Waals surface area contributed by atoms with Crippen molar-refractivity contribution in [3.8, 4) is 66.5 Å². The van der Waals surface area contributed by atoms with Crippen LogP contribution in [0.25, 0.3) is 87.1 Å². The fourth-order valence-electron chi connectivity index (χ4n) is 9.37. The van der Waals surface area contributed by atoms with Crippen LogP contribution in [0.2, 0.25) is 0 Å². The topological polar surface area (TPSA) is 51.6 Å². The van der Waals surface area contributed by atoms with Crippen LogP contribution in [-0.4, -0.2) is 34.4 Å². The van der Waals surface area contributed by atoms with Crippen LogP contribution < -0.4 is 0 Å². The summed E-state index contributed by atoms with van der Waals surface area (Å²) < 4.78 is 2.51. The second kappa shape index (κ2) is 14.9. The zero-order valence-electron chi connectivity index (χ0n) is 33.5. The molecule has 290 valence electrons. The first-order valence-electron chi connectivity index (χ1n) is 20.9. The van der Waals surface area contributed by atoms with E-state index in [1.165, 1.54) is 58.5 Å². The molecular weight excluding hydrogens is 820 g/mol. The monoisotopic (exact) mass is 856 g/mol. The summed E-state index contributed by atoms with van der Waals surface area (Å²) in [7, 11) is 0. The van der Waals surface area contributed by atoms with Crippen LogP contribution in [0, 0.1) is 0 Å². The molecule has 2 aromatic heterocycles. The Labute approximate surface area is 365 Å². The third kappa shape index (κ3) is 5.97. The second-order valence-corrected chi connectivity index (χ2v) is 17.9. The molecule has 0 fully saturated rings. The quantitative estimate of drug-likeness (QED) is 0.150. The van der Waals surface area contributed by atoms with Crippen molar-refractivity contribution < 1.29 is 0 Å². The van der Waals surface area contributed by atoms with Crippen molar-refractivity contribution in [2.45, 2.75) is 5.41 Å². The van der Waals surface area contributed by atoms with E-state index in [0.29, 0.717) is 17.5 Å². The average molecular weight is 856 g/mol. The predicted octanol–water partition coefficient (Wildman–Crippen LogP) is 13.3. The molecule has 2 heterocycles. The molecule has 0 unspecified atom stereocenters. The maximum absolute atomic E-state index is 5.27. The molecular formula is C57H36N4Se. The predicted molar refractivity (Wildman–Crippen MR) is 254 cm³/mol. The minimum absolute atomic E-state index is 0.107. The molecule has 1 aliphatic carbocycles. The van der Waals surface area contributed by atoms with E-state index in [2.05, 4.69) is 200 Å². The van der Waals surface area contributed by atoms with Crippen LogP contribution in [0.1, 0.15) is 22.3 Å². The van der Waals surface area contributed by atoms with E-state index in [9.17, 15) is 0 Å². The zero-order chi connectivity index (χ0) is 41.0. The van der Waals surface area contributed by atoms with Crippen molar-refractivity contribution in [1.29, 1.82) is 0 Å². The first kappa shape index (κ1) is 36.3. The molecule has 0 N–H and O–H groups in total. The summed E-state index contributed by atoms with van der Waals surface area (Å²) in [5, 5.41) is 2.49. The minimum atomic E-state index is -0.478. The van der Waals surface area contributed by atoms with Crippen molar-refractivity contribution in [3.05, 3.63) is 241 Å². The summed E-state index contributed by atoms with van der Waals surface area (Å²) in [6.07, 6.45) is 0. The van der Waals surface area contributed by atoms with Gasteiger partial charge in [-0.3, -0.25) is 0 Å². The van der Waals surface area contributed by atoms with Gasteiger partial charge in [0.1, 0.15) is 0 Å². The number of fused-ring (bicyclic) bond motifs is 6. The van der Waals surface area contributed by atoms with E-state index >= 15 is 0 Å². The Balaban J connectivity index is 0.994. The Kier molecular flexibility index (Phi) is 8.70. The van der Waals surface area contributed by atoms with Crippen LogP contribution in [0.5, 0.6) is 0 Å². The fourth-order valence-corrected chi connectivity index (χ4v) is 11.7. The van der Waals surface area contributed by atoms with E-state index in [1.807, 2.05) is 18.2 Å². The molecule has 5 heteroatoms. The van der Waals surface area contributed by atoms with Gasteiger partial charge in [-0.2, -0.15) is 0 Å². The molecule has 0 spiro atoms. The Morgan fingerprint density at radius 2 is 0.855 bits per heavy atom. The van der Waals surface area contributed by atoms with Crippen molar-refractivity contribution in [2.24, 2.45) is 0 Å². The molecule has 0 aliphatic heterocycles. The van der Waals surface area contributed by atoms with Crippen molar-refractivity contribution in [2.75, 3.05) is 0 Å². The second-order valence-electron chi connectivity index (χ2n) is 15.8. The van der Waals surface area contributed by atoms with Gasteiger partial charge >= 0.3 is 220 Å². The molecule has 0 amide bonds. The first-order chi connectivity index (χ1) is 30.7. The summed E-state index contributed by atoms with van der Waals surface area (Å²) >= 11 is 0.107. The van der Waals surface area contributed by atoms with Crippen molar-refractivity contribution in [3.63, 3.8) is 0 Å². The van der Waals surface area contributed by atoms with Crippen LogP contribution in [0.4, 0.5) is 0 Å². The summed E-state index contributed by atoms with van der Waals surface area (Å²) in [6, 6.07) is 77.9. The normalized spacial score (nSPS) is 12.6. The number of hydrogen-bond acceptors (Lipinski definition) is 4. The number of rotatable bonds is 7. The van der Waals surface area contributed by atoms with E-state index in [0.717, 1.165) is 33.3 Å². The van der Waals surface area contributed by atoms with E-state index in [4.69, 9.17) is 19.9 Å². The van der Waals surface area contributed by atoms with Gasteiger partial charge in [-0.15, -0.1) is 0 Å². The molecule has 11 aromatic rings. The average Bonchev–Trinajstić information content (AvgIpc) is 3.93. The number of aromatic nitrogens is 4.